The van der Waals surface area contributed by atoms with E-state index < -0.39 is 5.69 Å². The van der Waals surface area contributed by atoms with Crippen molar-refractivity contribution in [1.29, 1.82) is 0 Å². The van der Waals surface area contributed by atoms with Crippen LogP contribution in [0.25, 0.3) is 5.65 Å². The highest BCUT2D eigenvalue weighted by Gasteiger charge is 2.15. The molecule has 0 spiro atoms. The first-order valence-corrected chi connectivity index (χ1v) is 9.67. The van der Waals surface area contributed by atoms with Crippen LogP contribution in [-0.2, 0) is 17.8 Å². The van der Waals surface area contributed by atoms with Crippen molar-refractivity contribution >= 4 is 28.8 Å². The van der Waals surface area contributed by atoms with Crippen molar-refractivity contribution in [3.63, 3.8) is 0 Å². The lowest BCUT2D eigenvalue weighted by atomic mass is 10.1. The van der Waals surface area contributed by atoms with Crippen molar-refractivity contribution in [2.24, 2.45) is 0 Å². The molecule has 0 bridgehead atoms. The van der Waals surface area contributed by atoms with Gasteiger partial charge in [-0.05, 0) is 48.4 Å². The minimum Gasteiger partial charge on any atom is -0.436 e. The predicted molar refractivity (Wildman–Crippen MR) is 113 cm³/mol. The highest BCUT2D eigenvalue weighted by molar-refractivity contribution is 6.30. The van der Waals surface area contributed by atoms with Gasteiger partial charge in [0.15, 0.2) is 0 Å². The zero-order valence-corrected chi connectivity index (χ0v) is 16.8. The molecule has 0 saturated heterocycles. The van der Waals surface area contributed by atoms with E-state index in [9.17, 15) is 9.59 Å². The highest BCUT2D eigenvalue weighted by atomic mass is 35.5. The SMILES string of the molecule is CCc1ccc(NC(=O)Cn2nc3c(Oc4ccc(Cl)cc4)nccn3c2=O)cc1. The van der Waals surface area contributed by atoms with E-state index in [1.54, 1.807) is 24.3 Å². The first kappa shape index (κ1) is 19.7. The number of amides is 1. The monoisotopic (exact) mass is 423 g/mol. The van der Waals surface area contributed by atoms with E-state index in [4.69, 9.17) is 16.3 Å². The van der Waals surface area contributed by atoms with Gasteiger partial charge in [0.2, 0.25) is 11.6 Å². The number of aromatic nitrogens is 4. The molecule has 0 unspecified atom stereocenters. The Balaban J connectivity index is 1.55. The van der Waals surface area contributed by atoms with E-state index in [0.717, 1.165) is 11.1 Å². The number of halogens is 1. The maximum absolute atomic E-state index is 12.6. The molecule has 0 atom stereocenters. The van der Waals surface area contributed by atoms with Crippen molar-refractivity contribution < 1.29 is 9.53 Å². The van der Waals surface area contributed by atoms with Gasteiger partial charge in [0.05, 0.1) is 0 Å². The number of carbonyl (C=O) groups excluding carboxylic acids is 1. The van der Waals surface area contributed by atoms with Gasteiger partial charge in [-0.3, -0.25) is 4.79 Å². The Morgan fingerprint density at radius 3 is 2.57 bits per heavy atom. The van der Waals surface area contributed by atoms with Gasteiger partial charge in [-0.1, -0.05) is 30.7 Å². The molecular weight excluding hydrogens is 406 g/mol. The molecule has 8 nitrogen and oxygen atoms in total. The van der Waals surface area contributed by atoms with Gasteiger partial charge in [0.1, 0.15) is 12.3 Å². The summed E-state index contributed by atoms with van der Waals surface area (Å²) in [5, 5.41) is 7.57. The van der Waals surface area contributed by atoms with Crippen LogP contribution in [-0.4, -0.2) is 25.1 Å². The Labute approximate surface area is 176 Å². The maximum atomic E-state index is 12.6. The Hall–Kier alpha value is -3.65. The fraction of sp³-hybridized carbons (Fsp3) is 0.143. The molecule has 0 radical (unpaired) electrons. The molecule has 152 valence electrons. The molecule has 0 aliphatic rings. The second-order valence-corrected chi connectivity index (χ2v) is 6.96. The number of aryl methyl sites for hydroxylation is 1. The number of anilines is 1. The van der Waals surface area contributed by atoms with E-state index >= 15 is 0 Å². The number of nitrogens with one attached hydrogen (secondary N) is 1. The summed E-state index contributed by atoms with van der Waals surface area (Å²) in [4.78, 5) is 29.2. The van der Waals surface area contributed by atoms with E-state index in [-0.39, 0.29) is 24.0 Å². The number of fused-ring (bicyclic) bond motifs is 1. The van der Waals surface area contributed by atoms with Crippen LogP contribution in [0.2, 0.25) is 5.02 Å². The second kappa shape index (κ2) is 8.38. The molecule has 0 aliphatic carbocycles. The fourth-order valence-corrected chi connectivity index (χ4v) is 3.00. The number of rotatable bonds is 6. The van der Waals surface area contributed by atoms with E-state index in [1.807, 2.05) is 24.3 Å². The summed E-state index contributed by atoms with van der Waals surface area (Å²) in [5.41, 5.74) is 1.56. The van der Waals surface area contributed by atoms with Gasteiger partial charge in [-0.25, -0.2) is 18.9 Å². The molecule has 30 heavy (non-hydrogen) atoms. The Kier molecular flexibility index (Phi) is 5.49. The number of hydrogen-bond donors (Lipinski definition) is 1. The molecule has 0 saturated carbocycles. The molecule has 2 aromatic heterocycles. The van der Waals surface area contributed by atoms with Crippen molar-refractivity contribution in [2.45, 2.75) is 19.9 Å². The van der Waals surface area contributed by atoms with E-state index in [2.05, 4.69) is 22.3 Å². The number of ether oxygens (including phenoxy) is 1. The molecule has 4 aromatic rings. The molecule has 2 aromatic carbocycles. The number of hydrogen-bond acceptors (Lipinski definition) is 5. The van der Waals surface area contributed by atoms with Gasteiger partial charge in [-0.2, -0.15) is 0 Å². The molecule has 0 aliphatic heterocycles. The molecule has 9 heteroatoms. The van der Waals surface area contributed by atoms with Crippen molar-refractivity contribution in [3.8, 4) is 11.6 Å². The highest BCUT2D eigenvalue weighted by Crippen LogP contribution is 2.23. The van der Waals surface area contributed by atoms with Crippen LogP contribution >= 0.6 is 11.6 Å². The largest absolute Gasteiger partial charge is 0.436 e. The summed E-state index contributed by atoms with van der Waals surface area (Å²) >= 11 is 5.89. The van der Waals surface area contributed by atoms with Crippen LogP contribution in [0.15, 0.2) is 65.7 Å². The minimum atomic E-state index is -0.468. The Morgan fingerprint density at radius 1 is 1.13 bits per heavy atom. The fourth-order valence-electron chi connectivity index (χ4n) is 2.88. The Morgan fingerprint density at radius 2 is 1.87 bits per heavy atom. The molecule has 1 N–H and O–H groups in total. The summed E-state index contributed by atoms with van der Waals surface area (Å²) in [7, 11) is 0. The first-order chi connectivity index (χ1) is 14.5. The topological polar surface area (TPSA) is 90.5 Å². The normalized spacial score (nSPS) is 10.9. The summed E-state index contributed by atoms with van der Waals surface area (Å²) < 4.78 is 8.08. The smallest absolute Gasteiger partial charge is 0.351 e. The van der Waals surface area contributed by atoms with Gasteiger partial charge in [0.25, 0.3) is 5.88 Å². The average Bonchev–Trinajstić information content (AvgIpc) is 3.07. The van der Waals surface area contributed by atoms with Gasteiger partial charge < -0.3 is 10.1 Å². The lowest BCUT2D eigenvalue weighted by Gasteiger charge is -2.05. The second-order valence-electron chi connectivity index (χ2n) is 6.52. The zero-order valence-electron chi connectivity index (χ0n) is 16.1. The third-order valence-electron chi connectivity index (χ3n) is 4.44. The standard InChI is InChI=1S/C21H18ClN5O3/c1-2-14-3-7-16(8-4-14)24-18(28)13-27-21(29)26-12-11-23-20(19(26)25-27)30-17-9-5-15(22)6-10-17/h3-12H,2,13H2,1H3,(H,24,28). The van der Waals surface area contributed by atoms with Crippen LogP contribution in [0.5, 0.6) is 11.6 Å². The van der Waals surface area contributed by atoms with Gasteiger partial charge in [0, 0.05) is 23.1 Å². The summed E-state index contributed by atoms with van der Waals surface area (Å²) in [6.45, 7) is 1.82. The summed E-state index contributed by atoms with van der Waals surface area (Å²) in [5.74, 6) is 0.277. The van der Waals surface area contributed by atoms with E-state index in [0.29, 0.717) is 16.5 Å². The lowest BCUT2D eigenvalue weighted by Crippen LogP contribution is -2.28. The van der Waals surface area contributed by atoms with Crippen molar-refractivity contribution in [2.75, 3.05) is 5.32 Å². The van der Waals surface area contributed by atoms with Crippen LogP contribution in [0, 0.1) is 0 Å². The number of nitrogens with zero attached hydrogens (tertiary/aromatic N) is 4. The molecule has 2 heterocycles. The summed E-state index contributed by atoms with van der Waals surface area (Å²) in [6, 6.07) is 14.3. The van der Waals surface area contributed by atoms with Crippen LogP contribution in [0.1, 0.15) is 12.5 Å². The Bertz CT molecular complexity index is 1250. The van der Waals surface area contributed by atoms with Crippen molar-refractivity contribution in [3.05, 3.63) is 82.0 Å². The quantitative estimate of drug-likeness (QED) is 0.512. The van der Waals surface area contributed by atoms with Crippen LogP contribution in [0.4, 0.5) is 5.69 Å². The van der Waals surface area contributed by atoms with Crippen LogP contribution in [0.3, 0.4) is 0 Å². The molecular formula is C21H18ClN5O3. The van der Waals surface area contributed by atoms with Gasteiger partial charge >= 0.3 is 5.69 Å². The maximum Gasteiger partial charge on any atom is 0.351 e. The van der Waals surface area contributed by atoms with Crippen LogP contribution < -0.4 is 15.7 Å². The first-order valence-electron chi connectivity index (χ1n) is 9.30. The zero-order chi connectivity index (χ0) is 21.1. The van der Waals surface area contributed by atoms with Crippen molar-refractivity contribution in [1.82, 2.24) is 19.2 Å². The molecule has 1 amide bonds. The minimum absolute atomic E-state index is 0.145. The predicted octanol–water partition coefficient (Wildman–Crippen LogP) is 3.54. The number of benzene rings is 2. The van der Waals surface area contributed by atoms with Gasteiger partial charge in [-0.15, -0.1) is 5.10 Å². The average molecular weight is 424 g/mol. The van der Waals surface area contributed by atoms with E-state index in [1.165, 1.54) is 22.4 Å². The molecule has 0 fully saturated rings. The molecule has 4 rings (SSSR count). The third-order valence-corrected chi connectivity index (χ3v) is 4.69. The third kappa shape index (κ3) is 4.18. The summed E-state index contributed by atoms with van der Waals surface area (Å²) in [6.07, 6.45) is 3.82. The number of carbonyl (C=O) groups is 1. The lowest BCUT2D eigenvalue weighted by molar-refractivity contribution is -0.117.